The lowest BCUT2D eigenvalue weighted by atomic mass is 10.1. The number of nitrogens with one attached hydrogen (secondary N) is 2. The fraction of sp³-hybridized carbons (Fsp3) is 0.560. The van der Waals surface area contributed by atoms with Gasteiger partial charge in [0.1, 0.15) is 12.0 Å². The Morgan fingerprint density at radius 3 is 2.94 bits per heavy atom. The molecule has 2 N–H and O–H groups in total. The molecule has 178 valence electrons. The van der Waals surface area contributed by atoms with Crippen molar-refractivity contribution in [2.24, 2.45) is 5.92 Å². The van der Waals surface area contributed by atoms with E-state index in [1.54, 1.807) is 18.3 Å². The van der Waals surface area contributed by atoms with Crippen LogP contribution < -0.4 is 10.6 Å². The van der Waals surface area contributed by atoms with Crippen molar-refractivity contribution in [2.45, 2.75) is 52.0 Å². The Hall–Kier alpha value is -2.16. The zero-order valence-corrected chi connectivity index (χ0v) is 20.9. The van der Waals surface area contributed by atoms with Gasteiger partial charge in [-0.25, -0.2) is 14.1 Å². The predicted molar refractivity (Wildman–Crippen MR) is 138 cm³/mol. The Morgan fingerprint density at radius 2 is 2.12 bits per heavy atom. The molecule has 0 unspecified atom stereocenters. The van der Waals surface area contributed by atoms with Crippen molar-refractivity contribution in [2.75, 3.05) is 32.4 Å². The van der Waals surface area contributed by atoms with Crippen molar-refractivity contribution < 1.29 is 0 Å². The fourth-order valence-corrected chi connectivity index (χ4v) is 5.06. The minimum atomic E-state index is 0.488. The SMILES string of the molecule is C/C=C(\C)CCNCCCNC[C@@H]1CC[C@H](n2cc(-c3ccn(SC)n3)c3cncnc32)C1. The molecule has 0 spiro atoms. The van der Waals surface area contributed by atoms with Crippen LogP contribution >= 0.6 is 11.9 Å². The minimum absolute atomic E-state index is 0.488. The Bertz CT molecular complexity index is 1050. The van der Waals surface area contributed by atoms with Gasteiger partial charge in [0.05, 0.1) is 5.69 Å². The number of nitrogens with zero attached hydrogens (tertiary/aromatic N) is 5. The monoisotopic (exact) mass is 467 g/mol. The third-order valence-corrected chi connectivity index (χ3v) is 7.34. The Labute approximate surface area is 201 Å². The minimum Gasteiger partial charge on any atom is -0.329 e. The summed E-state index contributed by atoms with van der Waals surface area (Å²) in [5.41, 5.74) is 4.59. The summed E-state index contributed by atoms with van der Waals surface area (Å²) in [7, 11) is 0. The zero-order chi connectivity index (χ0) is 23.0. The molecule has 3 aromatic heterocycles. The average molecular weight is 468 g/mol. The molecular formula is C25H37N7S. The maximum absolute atomic E-state index is 4.69. The number of hydrogen-bond donors (Lipinski definition) is 2. The van der Waals surface area contributed by atoms with Crippen molar-refractivity contribution in [3.8, 4) is 11.3 Å². The van der Waals surface area contributed by atoms with E-state index < -0.39 is 0 Å². The molecule has 1 saturated carbocycles. The fourth-order valence-electron chi connectivity index (χ4n) is 4.71. The molecule has 2 atom stereocenters. The Balaban J connectivity index is 1.28. The number of aromatic nitrogens is 5. The van der Waals surface area contributed by atoms with Crippen molar-refractivity contribution >= 4 is 23.0 Å². The summed E-state index contributed by atoms with van der Waals surface area (Å²) in [5.74, 6) is 0.721. The maximum Gasteiger partial charge on any atom is 0.144 e. The van der Waals surface area contributed by atoms with Gasteiger partial charge in [-0.3, -0.25) is 0 Å². The summed E-state index contributed by atoms with van der Waals surface area (Å²) in [6.07, 6.45) is 18.0. The van der Waals surface area contributed by atoms with Crippen LogP contribution in [0.15, 0.2) is 42.6 Å². The van der Waals surface area contributed by atoms with Gasteiger partial charge in [0.2, 0.25) is 0 Å². The van der Waals surface area contributed by atoms with Crippen molar-refractivity contribution in [3.05, 3.63) is 42.6 Å². The van der Waals surface area contributed by atoms with Gasteiger partial charge in [-0.1, -0.05) is 11.6 Å². The maximum atomic E-state index is 4.69. The van der Waals surface area contributed by atoms with Gasteiger partial charge in [0.25, 0.3) is 0 Å². The highest BCUT2D eigenvalue weighted by Gasteiger charge is 2.28. The van der Waals surface area contributed by atoms with Crippen LogP contribution in [0.25, 0.3) is 22.3 Å². The molecule has 1 fully saturated rings. The molecule has 0 aromatic carbocycles. The second-order valence-electron chi connectivity index (χ2n) is 9.02. The molecule has 4 rings (SSSR count). The van der Waals surface area contributed by atoms with Gasteiger partial charge in [-0.2, -0.15) is 5.10 Å². The third-order valence-electron chi connectivity index (χ3n) is 6.76. The van der Waals surface area contributed by atoms with E-state index in [0.29, 0.717) is 6.04 Å². The van der Waals surface area contributed by atoms with Crippen LogP contribution in [-0.4, -0.2) is 56.2 Å². The number of rotatable bonds is 12. The smallest absolute Gasteiger partial charge is 0.144 e. The molecule has 0 amide bonds. The summed E-state index contributed by atoms with van der Waals surface area (Å²) in [4.78, 5) is 8.93. The predicted octanol–water partition coefficient (Wildman–Crippen LogP) is 4.69. The van der Waals surface area contributed by atoms with E-state index in [4.69, 9.17) is 0 Å². The van der Waals surface area contributed by atoms with Crippen LogP contribution in [0, 0.1) is 5.92 Å². The van der Waals surface area contributed by atoms with Gasteiger partial charge in [0, 0.05) is 41.8 Å². The highest BCUT2D eigenvalue weighted by molar-refractivity contribution is 7.97. The second-order valence-corrected chi connectivity index (χ2v) is 9.76. The zero-order valence-electron chi connectivity index (χ0n) is 20.1. The topological polar surface area (TPSA) is 72.6 Å². The molecule has 0 bridgehead atoms. The first-order chi connectivity index (χ1) is 16.2. The van der Waals surface area contributed by atoms with E-state index in [2.05, 4.69) is 62.5 Å². The van der Waals surface area contributed by atoms with E-state index in [-0.39, 0.29) is 0 Å². The van der Waals surface area contributed by atoms with Gasteiger partial charge in [0.15, 0.2) is 0 Å². The van der Waals surface area contributed by atoms with Crippen molar-refractivity contribution in [3.63, 3.8) is 0 Å². The van der Waals surface area contributed by atoms with Crippen molar-refractivity contribution in [1.82, 2.24) is 34.4 Å². The van der Waals surface area contributed by atoms with Gasteiger partial charge in [-0.15, -0.1) is 0 Å². The summed E-state index contributed by atoms with van der Waals surface area (Å²) in [5, 5.41) is 13.0. The first-order valence-electron chi connectivity index (χ1n) is 12.1. The number of hydrogen-bond acceptors (Lipinski definition) is 6. The average Bonchev–Trinajstić information content (AvgIpc) is 3.58. The number of allylic oxidation sites excluding steroid dienone is 1. The summed E-state index contributed by atoms with van der Waals surface area (Å²) >= 11 is 1.59. The molecule has 7 nitrogen and oxygen atoms in total. The first-order valence-corrected chi connectivity index (χ1v) is 13.3. The van der Waals surface area contributed by atoms with E-state index in [1.165, 1.54) is 31.3 Å². The van der Waals surface area contributed by atoms with Crippen LogP contribution in [0.2, 0.25) is 0 Å². The van der Waals surface area contributed by atoms with E-state index in [1.807, 2.05) is 22.7 Å². The normalized spacial score (nSPS) is 19.1. The summed E-state index contributed by atoms with van der Waals surface area (Å²) in [6.45, 7) is 8.66. The van der Waals surface area contributed by atoms with E-state index in [0.717, 1.165) is 60.8 Å². The summed E-state index contributed by atoms with van der Waals surface area (Å²) < 4.78 is 4.26. The molecule has 1 aliphatic rings. The van der Waals surface area contributed by atoms with Crippen LogP contribution in [0.5, 0.6) is 0 Å². The molecule has 8 heteroatoms. The summed E-state index contributed by atoms with van der Waals surface area (Å²) in [6, 6.07) is 2.56. The molecular weight excluding hydrogens is 430 g/mol. The highest BCUT2D eigenvalue weighted by atomic mass is 32.2. The van der Waals surface area contributed by atoms with Gasteiger partial charge >= 0.3 is 0 Å². The van der Waals surface area contributed by atoms with Crippen LogP contribution in [0.1, 0.15) is 52.0 Å². The largest absolute Gasteiger partial charge is 0.329 e. The lowest BCUT2D eigenvalue weighted by Crippen LogP contribution is -2.26. The third kappa shape index (κ3) is 6.05. The van der Waals surface area contributed by atoms with Crippen LogP contribution in [0.3, 0.4) is 0 Å². The Morgan fingerprint density at radius 1 is 1.24 bits per heavy atom. The van der Waals surface area contributed by atoms with E-state index in [9.17, 15) is 0 Å². The van der Waals surface area contributed by atoms with Crippen LogP contribution in [-0.2, 0) is 0 Å². The highest BCUT2D eigenvalue weighted by Crippen LogP contribution is 2.38. The van der Waals surface area contributed by atoms with Crippen LogP contribution in [0.4, 0.5) is 0 Å². The molecule has 0 aliphatic heterocycles. The van der Waals surface area contributed by atoms with E-state index >= 15 is 0 Å². The van der Waals surface area contributed by atoms with Gasteiger partial charge < -0.3 is 15.2 Å². The number of fused-ring (bicyclic) bond motifs is 1. The molecule has 0 saturated heterocycles. The molecule has 3 heterocycles. The van der Waals surface area contributed by atoms with Crippen molar-refractivity contribution in [1.29, 1.82) is 0 Å². The quantitative estimate of drug-likeness (QED) is 0.297. The molecule has 0 radical (unpaired) electrons. The lowest BCUT2D eigenvalue weighted by molar-refractivity contribution is 0.452. The van der Waals surface area contributed by atoms with Gasteiger partial charge in [-0.05, 0) is 96.1 Å². The second kappa shape index (κ2) is 11.8. The molecule has 3 aromatic rings. The standard InChI is InChI=1S/C25H37N7S/c1-4-19(2)8-12-26-10-5-11-27-15-20-6-7-21(14-20)31-17-23(22-16-28-18-29-25(22)31)24-9-13-32(30-24)33-3/h4,9,13,16-18,20-21,26-27H,5-8,10-12,14-15H2,1-3H3/b19-4+/t20-,21+/m1/s1. The Kier molecular flexibility index (Phi) is 8.58. The molecule has 1 aliphatic carbocycles. The first kappa shape index (κ1) is 24.0. The lowest BCUT2D eigenvalue weighted by Gasteiger charge is -2.15. The molecule has 33 heavy (non-hydrogen) atoms.